The third-order valence-corrected chi connectivity index (χ3v) is 4.83. The van der Waals surface area contributed by atoms with Crippen molar-refractivity contribution in [3.05, 3.63) is 59.7 Å². The largest absolute Gasteiger partial charge is 0.478 e. The fourth-order valence-electron chi connectivity index (χ4n) is 2.14. The van der Waals surface area contributed by atoms with Crippen molar-refractivity contribution >= 4 is 21.7 Å². The van der Waals surface area contributed by atoms with Crippen LogP contribution in [0.3, 0.4) is 0 Å². The molecule has 0 heterocycles. The van der Waals surface area contributed by atoms with Crippen molar-refractivity contribution in [2.45, 2.75) is 24.8 Å². The minimum absolute atomic E-state index is 0.0632. The molecule has 0 saturated carbocycles. The highest BCUT2D eigenvalue weighted by molar-refractivity contribution is 7.89. The van der Waals surface area contributed by atoms with E-state index in [1.807, 2.05) is 37.3 Å². The van der Waals surface area contributed by atoms with Gasteiger partial charge in [0.15, 0.2) is 0 Å². The van der Waals surface area contributed by atoms with E-state index in [0.717, 1.165) is 12.0 Å². The molecule has 128 valence electrons. The molecule has 0 aliphatic heterocycles. The Labute approximate surface area is 141 Å². The summed E-state index contributed by atoms with van der Waals surface area (Å²) >= 11 is 0. The van der Waals surface area contributed by atoms with Gasteiger partial charge in [-0.3, -0.25) is 0 Å². The van der Waals surface area contributed by atoms with Crippen molar-refractivity contribution in [1.29, 1.82) is 0 Å². The Kier molecular flexibility index (Phi) is 5.94. The monoisotopic (exact) mass is 348 g/mol. The molecule has 6 nitrogen and oxygen atoms in total. The Bertz CT molecular complexity index is 805. The van der Waals surface area contributed by atoms with Crippen LogP contribution in [0.5, 0.6) is 0 Å². The van der Waals surface area contributed by atoms with Crippen LogP contribution in [0, 0.1) is 0 Å². The highest BCUT2D eigenvalue weighted by atomic mass is 32.2. The number of hydrogen-bond acceptors (Lipinski definition) is 4. The maximum absolute atomic E-state index is 12.6. The van der Waals surface area contributed by atoms with Gasteiger partial charge in [-0.1, -0.05) is 37.3 Å². The minimum atomic E-state index is -3.85. The number of benzene rings is 2. The van der Waals surface area contributed by atoms with Gasteiger partial charge in [-0.2, -0.15) is 0 Å². The van der Waals surface area contributed by atoms with Gasteiger partial charge in [0.1, 0.15) is 4.90 Å². The first-order chi connectivity index (χ1) is 11.4. The van der Waals surface area contributed by atoms with Crippen LogP contribution in [-0.2, 0) is 16.6 Å². The lowest BCUT2D eigenvalue weighted by molar-refractivity contribution is 0.0696. The van der Waals surface area contributed by atoms with Gasteiger partial charge in [-0.05, 0) is 30.2 Å². The van der Waals surface area contributed by atoms with Gasteiger partial charge in [-0.15, -0.1) is 0 Å². The summed E-state index contributed by atoms with van der Waals surface area (Å²) in [7, 11) is -3.85. The highest BCUT2D eigenvalue weighted by Crippen LogP contribution is 2.23. The number of rotatable bonds is 8. The Balaban J connectivity index is 2.31. The maximum Gasteiger partial charge on any atom is 0.335 e. The molecule has 0 radical (unpaired) electrons. The van der Waals surface area contributed by atoms with Crippen LogP contribution in [0.1, 0.15) is 29.3 Å². The fourth-order valence-corrected chi connectivity index (χ4v) is 3.36. The molecule has 2 aromatic carbocycles. The van der Waals surface area contributed by atoms with Crippen molar-refractivity contribution in [2.75, 3.05) is 11.9 Å². The molecule has 0 spiro atoms. The number of sulfonamides is 1. The van der Waals surface area contributed by atoms with Crippen LogP contribution in [-0.4, -0.2) is 26.0 Å². The van der Waals surface area contributed by atoms with Crippen LogP contribution in [0.15, 0.2) is 53.4 Å². The van der Waals surface area contributed by atoms with Gasteiger partial charge in [-0.25, -0.2) is 17.9 Å². The Hall–Kier alpha value is -2.38. The van der Waals surface area contributed by atoms with Gasteiger partial charge in [0.05, 0.1) is 11.3 Å². The normalized spacial score (nSPS) is 11.2. The SMILES string of the molecule is CCCNc1ccc(C(=O)O)cc1S(=O)(=O)NCc1ccccc1. The summed E-state index contributed by atoms with van der Waals surface area (Å²) in [5.41, 5.74) is 1.14. The first-order valence-electron chi connectivity index (χ1n) is 7.59. The van der Waals surface area contributed by atoms with E-state index in [1.54, 1.807) is 0 Å². The van der Waals surface area contributed by atoms with Crippen molar-refractivity contribution < 1.29 is 18.3 Å². The molecule has 0 amide bonds. The zero-order valence-corrected chi connectivity index (χ0v) is 14.1. The summed E-state index contributed by atoms with van der Waals surface area (Å²) in [6.45, 7) is 2.68. The third-order valence-electron chi connectivity index (χ3n) is 3.39. The number of carboxylic acid groups (broad SMARTS) is 1. The highest BCUT2D eigenvalue weighted by Gasteiger charge is 2.20. The molecule has 24 heavy (non-hydrogen) atoms. The van der Waals surface area contributed by atoms with Crippen LogP contribution in [0.4, 0.5) is 5.69 Å². The second-order valence-electron chi connectivity index (χ2n) is 5.25. The van der Waals surface area contributed by atoms with E-state index in [4.69, 9.17) is 5.11 Å². The number of carboxylic acids is 1. The Morgan fingerprint density at radius 2 is 1.83 bits per heavy atom. The van der Waals surface area contributed by atoms with E-state index in [2.05, 4.69) is 10.0 Å². The molecule has 0 saturated heterocycles. The van der Waals surface area contributed by atoms with Gasteiger partial charge in [0.2, 0.25) is 10.0 Å². The molecular weight excluding hydrogens is 328 g/mol. The van der Waals surface area contributed by atoms with Crippen LogP contribution in [0.25, 0.3) is 0 Å². The van der Waals surface area contributed by atoms with E-state index in [0.29, 0.717) is 12.2 Å². The summed E-state index contributed by atoms with van der Waals surface area (Å²) in [4.78, 5) is 11.1. The summed E-state index contributed by atoms with van der Waals surface area (Å²) in [5.74, 6) is -1.17. The van der Waals surface area contributed by atoms with Crippen molar-refractivity contribution in [3.63, 3.8) is 0 Å². The second kappa shape index (κ2) is 7.94. The second-order valence-corrected chi connectivity index (χ2v) is 6.99. The molecular formula is C17H20N2O4S. The number of nitrogens with one attached hydrogen (secondary N) is 2. The Morgan fingerprint density at radius 1 is 1.12 bits per heavy atom. The number of aromatic carboxylic acids is 1. The molecule has 2 aromatic rings. The van der Waals surface area contributed by atoms with Crippen molar-refractivity contribution in [1.82, 2.24) is 4.72 Å². The predicted octanol–water partition coefficient (Wildman–Crippen LogP) is 2.69. The van der Waals surface area contributed by atoms with E-state index >= 15 is 0 Å². The van der Waals surface area contributed by atoms with Gasteiger partial charge in [0, 0.05) is 13.1 Å². The molecule has 0 aromatic heterocycles. The minimum Gasteiger partial charge on any atom is -0.478 e. The Morgan fingerprint density at radius 3 is 2.46 bits per heavy atom. The van der Waals surface area contributed by atoms with E-state index in [-0.39, 0.29) is 17.0 Å². The third kappa shape index (κ3) is 4.56. The molecule has 2 rings (SSSR count). The van der Waals surface area contributed by atoms with Crippen LogP contribution >= 0.6 is 0 Å². The van der Waals surface area contributed by atoms with Crippen molar-refractivity contribution in [3.8, 4) is 0 Å². The smallest absolute Gasteiger partial charge is 0.335 e. The zero-order chi connectivity index (χ0) is 17.6. The molecule has 0 bridgehead atoms. The van der Waals surface area contributed by atoms with Crippen LogP contribution in [0.2, 0.25) is 0 Å². The molecule has 0 aliphatic rings. The van der Waals surface area contributed by atoms with E-state index < -0.39 is 16.0 Å². The van der Waals surface area contributed by atoms with Crippen molar-refractivity contribution in [2.24, 2.45) is 0 Å². The summed E-state index contributed by atoms with van der Waals surface area (Å²) in [6.07, 6.45) is 0.817. The number of hydrogen-bond donors (Lipinski definition) is 3. The zero-order valence-electron chi connectivity index (χ0n) is 13.3. The lowest BCUT2D eigenvalue weighted by atomic mass is 10.2. The van der Waals surface area contributed by atoms with Gasteiger partial charge < -0.3 is 10.4 Å². The van der Waals surface area contributed by atoms with E-state index in [1.165, 1.54) is 18.2 Å². The molecule has 7 heteroatoms. The van der Waals surface area contributed by atoms with E-state index in [9.17, 15) is 13.2 Å². The molecule has 0 fully saturated rings. The number of anilines is 1. The first kappa shape index (κ1) is 18.0. The quantitative estimate of drug-likeness (QED) is 0.682. The van der Waals surface area contributed by atoms with Crippen LogP contribution < -0.4 is 10.0 Å². The number of carbonyl (C=O) groups is 1. The molecule has 0 atom stereocenters. The average molecular weight is 348 g/mol. The average Bonchev–Trinajstić information content (AvgIpc) is 2.59. The maximum atomic E-state index is 12.6. The first-order valence-corrected chi connectivity index (χ1v) is 9.07. The fraction of sp³-hybridized carbons (Fsp3) is 0.235. The molecule has 0 aliphatic carbocycles. The van der Waals surface area contributed by atoms with Gasteiger partial charge >= 0.3 is 5.97 Å². The van der Waals surface area contributed by atoms with Gasteiger partial charge in [0.25, 0.3) is 0 Å². The standard InChI is InChI=1S/C17H20N2O4S/c1-2-10-18-15-9-8-14(17(20)21)11-16(15)24(22,23)19-12-13-6-4-3-5-7-13/h3-9,11,18-19H,2,10,12H2,1H3,(H,20,21). The molecule has 0 unspecified atom stereocenters. The predicted molar refractivity (Wildman–Crippen MR) is 92.6 cm³/mol. The molecule has 3 N–H and O–H groups in total. The summed E-state index contributed by atoms with van der Waals surface area (Å²) in [6, 6.07) is 13.2. The lowest BCUT2D eigenvalue weighted by Crippen LogP contribution is -2.24. The summed E-state index contributed by atoms with van der Waals surface area (Å²) < 4.78 is 27.8. The topological polar surface area (TPSA) is 95.5 Å². The summed E-state index contributed by atoms with van der Waals surface area (Å²) in [5, 5.41) is 12.1. The lowest BCUT2D eigenvalue weighted by Gasteiger charge is -2.14.